The Morgan fingerprint density at radius 2 is 1.58 bits per heavy atom. The second-order valence-corrected chi connectivity index (χ2v) is 8.63. The number of anilines is 1. The molecule has 2 amide bonds. The van der Waals surface area contributed by atoms with Crippen molar-refractivity contribution in [2.45, 2.75) is 16.8 Å². The van der Waals surface area contributed by atoms with Crippen LogP contribution < -0.4 is 15.2 Å². The molecule has 1 aromatic heterocycles. The van der Waals surface area contributed by atoms with Crippen molar-refractivity contribution in [2.75, 3.05) is 12.0 Å². The molecule has 164 valence electrons. The van der Waals surface area contributed by atoms with Crippen molar-refractivity contribution < 1.29 is 14.3 Å². The molecule has 0 unspecified atom stereocenters. The zero-order valence-electron chi connectivity index (χ0n) is 17.7. The van der Waals surface area contributed by atoms with Gasteiger partial charge in [0, 0.05) is 6.42 Å². The summed E-state index contributed by atoms with van der Waals surface area (Å²) in [4.78, 5) is 45.2. The van der Waals surface area contributed by atoms with Gasteiger partial charge in [-0.25, -0.2) is 9.88 Å². The fourth-order valence-electron chi connectivity index (χ4n) is 3.82. The van der Waals surface area contributed by atoms with Crippen LogP contribution in [0.5, 0.6) is 5.75 Å². The summed E-state index contributed by atoms with van der Waals surface area (Å²) in [7, 11) is 1.55. The number of hydrogen-bond acceptors (Lipinski definition) is 6. The molecule has 4 aromatic rings. The molecule has 8 heteroatoms. The molecule has 7 nitrogen and oxygen atoms in total. The number of nitrogens with zero attached hydrogens (tertiary/aromatic N) is 3. The lowest BCUT2D eigenvalue weighted by Gasteiger charge is -2.17. The van der Waals surface area contributed by atoms with E-state index in [2.05, 4.69) is 4.98 Å². The molecule has 1 aliphatic heterocycles. The second-order valence-electron chi connectivity index (χ2n) is 7.46. The van der Waals surface area contributed by atoms with Crippen LogP contribution in [0.15, 0.2) is 88.8 Å². The number of benzene rings is 3. The molecule has 0 N–H and O–H groups in total. The normalized spacial score (nSPS) is 15.9. The van der Waals surface area contributed by atoms with Gasteiger partial charge in [0.05, 0.1) is 29.4 Å². The number of methoxy groups -OCH3 is 1. The lowest BCUT2D eigenvalue weighted by atomic mass is 10.2. The fourth-order valence-corrected chi connectivity index (χ4v) is 4.95. The van der Waals surface area contributed by atoms with Crippen LogP contribution in [0, 0.1) is 0 Å². The van der Waals surface area contributed by atoms with Crippen LogP contribution in [-0.4, -0.2) is 33.7 Å². The van der Waals surface area contributed by atoms with E-state index in [0.29, 0.717) is 33.2 Å². The monoisotopic (exact) mass is 457 g/mol. The highest BCUT2D eigenvalue weighted by Crippen LogP contribution is 2.34. The molecule has 3 aromatic carbocycles. The Morgan fingerprint density at radius 3 is 2.30 bits per heavy atom. The van der Waals surface area contributed by atoms with Crippen LogP contribution in [0.2, 0.25) is 0 Å². The Bertz CT molecular complexity index is 1420. The van der Waals surface area contributed by atoms with Crippen molar-refractivity contribution in [3.8, 4) is 11.4 Å². The Labute approximate surface area is 193 Å². The van der Waals surface area contributed by atoms with E-state index in [1.54, 1.807) is 49.6 Å². The molecule has 0 radical (unpaired) electrons. The van der Waals surface area contributed by atoms with Gasteiger partial charge in [-0.15, -0.1) is 0 Å². The number of para-hydroxylation sites is 2. The quantitative estimate of drug-likeness (QED) is 0.335. The molecule has 2 heterocycles. The highest BCUT2D eigenvalue weighted by molar-refractivity contribution is 8.00. The molecule has 1 fully saturated rings. The van der Waals surface area contributed by atoms with E-state index in [0.717, 1.165) is 11.8 Å². The summed E-state index contributed by atoms with van der Waals surface area (Å²) in [5.41, 5.74) is 1.45. The standard InChI is InChI=1S/C25H19N3O4S/c1-32-18-13-11-17(12-14-18)27-22(29)15-21(24(27)31)33-25-26-20-10-6-5-9-19(20)23(30)28(25)16-7-3-2-4-8-16/h2-14,21H,15H2,1H3/t21-/m1/s1. The maximum atomic E-state index is 13.4. The molecular weight excluding hydrogens is 438 g/mol. The maximum Gasteiger partial charge on any atom is 0.266 e. The van der Waals surface area contributed by atoms with E-state index < -0.39 is 5.25 Å². The summed E-state index contributed by atoms with van der Waals surface area (Å²) >= 11 is 1.13. The number of hydrogen-bond donors (Lipinski definition) is 0. The number of ether oxygens (including phenoxy) is 1. The Kier molecular flexibility index (Phi) is 5.43. The van der Waals surface area contributed by atoms with E-state index in [1.807, 2.05) is 36.4 Å². The van der Waals surface area contributed by atoms with E-state index in [4.69, 9.17) is 4.74 Å². The largest absolute Gasteiger partial charge is 0.497 e. The molecule has 33 heavy (non-hydrogen) atoms. The molecule has 1 atom stereocenters. The molecule has 0 bridgehead atoms. The summed E-state index contributed by atoms with van der Waals surface area (Å²) in [6, 6.07) is 23.0. The third-order valence-corrected chi connectivity index (χ3v) is 6.58. The number of amides is 2. The van der Waals surface area contributed by atoms with Gasteiger partial charge < -0.3 is 4.74 Å². The van der Waals surface area contributed by atoms with E-state index >= 15 is 0 Å². The highest BCUT2D eigenvalue weighted by atomic mass is 32.2. The Morgan fingerprint density at radius 1 is 0.879 bits per heavy atom. The van der Waals surface area contributed by atoms with Crippen molar-refractivity contribution in [1.29, 1.82) is 0 Å². The topological polar surface area (TPSA) is 81.5 Å². The molecule has 5 rings (SSSR count). The first-order chi connectivity index (χ1) is 16.1. The first kappa shape index (κ1) is 21.0. The van der Waals surface area contributed by atoms with Crippen molar-refractivity contribution in [1.82, 2.24) is 9.55 Å². The summed E-state index contributed by atoms with van der Waals surface area (Å²) in [5, 5.41) is 0.162. The van der Waals surface area contributed by atoms with Gasteiger partial charge in [-0.05, 0) is 48.5 Å². The third-order valence-electron chi connectivity index (χ3n) is 5.44. The maximum absolute atomic E-state index is 13.4. The van der Waals surface area contributed by atoms with Crippen LogP contribution in [0.4, 0.5) is 5.69 Å². The lowest BCUT2D eigenvalue weighted by Crippen LogP contribution is -2.31. The Balaban J connectivity index is 1.54. The van der Waals surface area contributed by atoms with Crippen molar-refractivity contribution in [2.24, 2.45) is 0 Å². The molecule has 1 saturated heterocycles. The van der Waals surface area contributed by atoms with Crippen LogP contribution in [-0.2, 0) is 9.59 Å². The predicted octanol–water partition coefficient (Wildman–Crippen LogP) is 3.82. The number of carbonyl (C=O) groups is 2. The Hall–Kier alpha value is -3.91. The van der Waals surface area contributed by atoms with E-state index in [1.165, 1.54) is 9.47 Å². The van der Waals surface area contributed by atoms with Gasteiger partial charge >= 0.3 is 0 Å². The third kappa shape index (κ3) is 3.78. The fraction of sp³-hybridized carbons (Fsp3) is 0.120. The average molecular weight is 458 g/mol. The van der Waals surface area contributed by atoms with Gasteiger partial charge in [0.1, 0.15) is 11.0 Å². The van der Waals surface area contributed by atoms with Crippen molar-refractivity contribution in [3.63, 3.8) is 0 Å². The first-order valence-corrected chi connectivity index (χ1v) is 11.2. The van der Waals surface area contributed by atoms with Gasteiger partial charge in [0.25, 0.3) is 5.56 Å². The second kappa shape index (κ2) is 8.55. The summed E-state index contributed by atoms with van der Waals surface area (Å²) in [5.74, 6) is 0.00487. The summed E-state index contributed by atoms with van der Waals surface area (Å²) in [6.45, 7) is 0. The summed E-state index contributed by atoms with van der Waals surface area (Å²) < 4.78 is 6.65. The van der Waals surface area contributed by atoms with Crippen LogP contribution in [0.25, 0.3) is 16.6 Å². The van der Waals surface area contributed by atoms with Crippen molar-refractivity contribution in [3.05, 3.63) is 89.2 Å². The SMILES string of the molecule is COc1ccc(N2C(=O)C[C@@H](Sc3nc4ccccc4c(=O)n3-c3ccccc3)C2=O)cc1. The average Bonchev–Trinajstić information content (AvgIpc) is 3.12. The number of rotatable bonds is 5. The highest BCUT2D eigenvalue weighted by Gasteiger charge is 2.41. The van der Waals surface area contributed by atoms with Gasteiger partial charge in [-0.2, -0.15) is 0 Å². The van der Waals surface area contributed by atoms with E-state index in [-0.39, 0.29) is 23.8 Å². The molecule has 0 saturated carbocycles. The minimum atomic E-state index is -0.692. The number of aromatic nitrogens is 2. The van der Waals surface area contributed by atoms with Crippen LogP contribution in [0.1, 0.15) is 6.42 Å². The number of thioether (sulfide) groups is 1. The first-order valence-electron chi connectivity index (χ1n) is 10.3. The molecule has 0 aliphatic carbocycles. The number of fused-ring (bicyclic) bond motifs is 1. The summed E-state index contributed by atoms with van der Waals surface area (Å²) in [6.07, 6.45) is 0.0208. The van der Waals surface area contributed by atoms with Crippen LogP contribution in [0.3, 0.4) is 0 Å². The zero-order valence-corrected chi connectivity index (χ0v) is 18.5. The van der Waals surface area contributed by atoms with Crippen LogP contribution >= 0.6 is 11.8 Å². The van der Waals surface area contributed by atoms with Gasteiger partial charge in [0.15, 0.2) is 5.16 Å². The number of carbonyl (C=O) groups excluding carboxylic acids is 2. The van der Waals surface area contributed by atoms with Gasteiger partial charge in [0.2, 0.25) is 11.8 Å². The number of imide groups is 1. The minimum absolute atomic E-state index is 0.0208. The predicted molar refractivity (Wildman–Crippen MR) is 127 cm³/mol. The van der Waals surface area contributed by atoms with E-state index in [9.17, 15) is 14.4 Å². The van der Waals surface area contributed by atoms with Crippen molar-refractivity contribution >= 4 is 40.2 Å². The van der Waals surface area contributed by atoms with Gasteiger partial charge in [-0.1, -0.05) is 42.1 Å². The minimum Gasteiger partial charge on any atom is -0.497 e. The molecule has 1 aliphatic rings. The smallest absolute Gasteiger partial charge is 0.266 e. The van der Waals surface area contributed by atoms with Gasteiger partial charge in [-0.3, -0.25) is 19.0 Å². The molecular formula is C25H19N3O4S. The lowest BCUT2D eigenvalue weighted by molar-refractivity contribution is -0.121. The molecule has 0 spiro atoms. The zero-order chi connectivity index (χ0) is 22.9.